The Morgan fingerprint density at radius 1 is 1.46 bits per heavy atom. The normalized spacial score (nSPS) is 19.5. The van der Waals surface area contributed by atoms with E-state index >= 15 is 0 Å². The van der Waals surface area contributed by atoms with Crippen LogP contribution in [0.25, 0.3) is 0 Å². The molecule has 1 saturated heterocycles. The standard InChI is InChI=1S/C10H10O3/c11-10(13-7-9-6-12-9)8-4-2-1-3-5-8/h1-5,9H,6-7H2/t9-/m0/s1. The molecule has 1 heterocycles. The minimum atomic E-state index is -0.281. The van der Waals surface area contributed by atoms with E-state index in [2.05, 4.69) is 0 Å². The number of epoxide rings is 1. The third-order valence-electron chi connectivity index (χ3n) is 1.81. The lowest BCUT2D eigenvalue weighted by Crippen LogP contribution is -2.09. The molecule has 1 aliphatic rings. The highest BCUT2D eigenvalue weighted by Gasteiger charge is 2.24. The first-order valence-electron chi connectivity index (χ1n) is 4.20. The summed E-state index contributed by atoms with van der Waals surface area (Å²) in [5, 5.41) is 0. The molecule has 1 atom stereocenters. The molecule has 3 nitrogen and oxygen atoms in total. The van der Waals surface area contributed by atoms with Crippen LogP contribution in [0.3, 0.4) is 0 Å². The van der Waals surface area contributed by atoms with Crippen LogP contribution in [-0.2, 0) is 9.47 Å². The summed E-state index contributed by atoms with van der Waals surface area (Å²) >= 11 is 0. The van der Waals surface area contributed by atoms with E-state index in [0.717, 1.165) is 0 Å². The van der Waals surface area contributed by atoms with Gasteiger partial charge in [0.1, 0.15) is 12.7 Å². The summed E-state index contributed by atoms with van der Waals surface area (Å²) in [5.74, 6) is -0.281. The average Bonchev–Trinajstić information content (AvgIpc) is 2.99. The number of esters is 1. The number of rotatable bonds is 3. The van der Waals surface area contributed by atoms with Crippen LogP contribution in [0.2, 0.25) is 0 Å². The van der Waals surface area contributed by atoms with Gasteiger partial charge < -0.3 is 9.47 Å². The molecule has 0 N–H and O–H groups in total. The highest BCUT2D eigenvalue weighted by Crippen LogP contribution is 2.10. The topological polar surface area (TPSA) is 38.8 Å². The molecular weight excluding hydrogens is 168 g/mol. The molecule has 1 aromatic rings. The van der Waals surface area contributed by atoms with Crippen molar-refractivity contribution < 1.29 is 14.3 Å². The van der Waals surface area contributed by atoms with Gasteiger partial charge >= 0.3 is 5.97 Å². The number of carbonyl (C=O) groups excluding carboxylic acids is 1. The van der Waals surface area contributed by atoms with E-state index in [1.807, 2.05) is 18.2 Å². The van der Waals surface area contributed by atoms with E-state index < -0.39 is 0 Å². The van der Waals surface area contributed by atoms with Crippen molar-refractivity contribution in [1.82, 2.24) is 0 Å². The quantitative estimate of drug-likeness (QED) is 0.516. The van der Waals surface area contributed by atoms with Crippen LogP contribution in [0.1, 0.15) is 10.4 Å². The fraction of sp³-hybridized carbons (Fsp3) is 0.300. The largest absolute Gasteiger partial charge is 0.459 e. The Balaban J connectivity index is 1.89. The summed E-state index contributed by atoms with van der Waals surface area (Å²) in [4.78, 5) is 11.3. The van der Waals surface area contributed by atoms with Crippen molar-refractivity contribution in [2.45, 2.75) is 6.10 Å². The molecular formula is C10H10O3. The summed E-state index contributed by atoms with van der Waals surface area (Å²) in [7, 11) is 0. The van der Waals surface area contributed by atoms with Crippen LogP contribution in [-0.4, -0.2) is 25.3 Å². The first-order valence-corrected chi connectivity index (χ1v) is 4.20. The molecule has 0 saturated carbocycles. The van der Waals surface area contributed by atoms with Crippen LogP contribution >= 0.6 is 0 Å². The first-order chi connectivity index (χ1) is 6.36. The second kappa shape index (κ2) is 3.58. The van der Waals surface area contributed by atoms with Gasteiger partial charge in [0.25, 0.3) is 0 Å². The number of hydrogen-bond acceptors (Lipinski definition) is 3. The Morgan fingerprint density at radius 2 is 2.15 bits per heavy atom. The zero-order valence-electron chi connectivity index (χ0n) is 7.10. The number of ether oxygens (including phenoxy) is 2. The molecule has 0 bridgehead atoms. The molecule has 13 heavy (non-hydrogen) atoms. The molecule has 0 radical (unpaired) electrons. The summed E-state index contributed by atoms with van der Waals surface area (Å²) in [6.45, 7) is 1.08. The smallest absolute Gasteiger partial charge is 0.338 e. The van der Waals surface area contributed by atoms with Crippen molar-refractivity contribution in [2.24, 2.45) is 0 Å². The van der Waals surface area contributed by atoms with Crippen LogP contribution in [0.5, 0.6) is 0 Å². The predicted molar refractivity (Wildman–Crippen MR) is 46.5 cm³/mol. The van der Waals surface area contributed by atoms with E-state index in [4.69, 9.17) is 9.47 Å². The maximum absolute atomic E-state index is 11.3. The average molecular weight is 178 g/mol. The van der Waals surface area contributed by atoms with Crippen LogP contribution in [0, 0.1) is 0 Å². The van der Waals surface area contributed by atoms with E-state index in [1.165, 1.54) is 0 Å². The van der Waals surface area contributed by atoms with Gasteiger partial charge in [-0.3, -0.25) is 0 Å². The maximum atomic E-state index is 11.3. The maximum Gasteiger partial charge on any atom is 0.338 e. The number of carbonyl (C=O) groups is 1. The third kappa shape index (κ3) is 2.29. The summed E-state index contributed by atoms with van der Waals surface area (Å²) in [6.07, 6.45) is 0.132. The van der Waals surface area contributed by atoms with Crippen molar-refractivity contribution in [3.63, 3.8) is 0 Å². The Kier molecular flexibility index (Phi) is 2.27. The third-order valence-corrected chi connectivity index (χ3v) is 1.81. The Labute approximate surface area is 76.3 Å². The molecule has 1 fully saturated rings. The van der Waals surface area contributed by atoms with Gasteiger partial charge in [0, 0.05) is 0 Å². The lowest BCUT2D eigenvalue weighted by atomic mass is 10.2. The van der Waals surface area contributed by atoms with E-state index in [1.54, 1.807) is 12.1 Å². The highest BCUT2D eigenvalue weighted by atomic mass is 16.6. The Morgan fingerprint density at radius 3 is 2.77 bits per heavy atom. The minimum Gasteiger partial charge on any atom is -0.459 e. The molecule has 0 amide bonds. The van der Waals surface area contributed by atoms with Crippen molar-refractivity contribution in [3.8, 4) is 0 Å². The van der Waals surface area contributed by atoms with Gasteiger partial charge in [0.15, 0.2) is 0 Å². The number of hydrogen-bond donors (Lipinski definition) is 0. The fourth-order valence-electron chi connectivity index (χ4n) is 0.990. The SMILES string of the molecule is O=C(OC[C@@H]1CO1)c1ccccc1. The fourth-order valence-corrected chi connectivity index (χ4v) is 0.990. The molecule has 1 aliphatic heterocycles. The first kappa shape index (κ1) is 8.26. The zero-order valence-corrected chi connectivity index (χ0v) is 7.10. The van der Waals surface area contributed by atoms with Crippen LogP contribution in [0.4, 0.5) is 0 Å². The second-order valence-corrected chi connectivity index (χ2v) is 2.92. The Hall–Kier alpha value is -1.35. The van der Waals surface area contributed by atoms with Gasteiger partial charge in [-0.2, -0.15) is 0 Å². The van der Waals surface area contributed by atoms with Crippen LogP contribution in [0.15, 0.2) is 30.3 Å². The van der Waals surface area contributed by atoms with Gasteiger partial charge in [-0.15, -0.1) is 0 Å². The van der Waals surface area contributed by atoms with Crippen molar-refractivity contribution in [3.05, 3.63) is 35.9 Å². The molecule has 0 unspecified atom stereocenters. The van der Waals surface area contributed by atoms with E-state index in [0.29, 0.717) is 18.8 Å². The van der Waals surface area contributed by atoms with Crippen molar-refractivity contribution >= 4 is 5.97 Å². The van der Waals surface area contributed by atoms with E-state index in [9.17, 15) is 4.79 Å². The summed E-state index contributed by atoms with van der Waals surface area (Å²) < 4.78 is 9.91. The van der Waals surface area contributed by atoms with Gasteiger partial charge in [-0.25, -0.2) is 4.79 Å². The lowest BCUT2D eigenvalue weighted by Gasteiger charge is -2.01. The summed E-state index contributed by atoms with van der Waals surface area (Å²) in [6, 6.07) is 8.95. The van der Waals surface area contributed by atoms with E-state index in [-0.39, 0.29) is 12.1 Å². The zero-order chi connectivity index (χ0) is 9.10. The van der Waals surface area contributed by atoms with Gasteiger partial charge in [0.2, 0.25) is 0 Å². The molecule has 1 aromatic carbocycles. The molecule has 0 spiro atoms. The second-order valence-electron chi connectivity index (χ2n) is 2.92. The van der Waals surface area contributed by atoms with Crippen molar-refractivity contribution in [1.29, 1.82) is 0 Å². The van der Waals surface area contributed by atoms with Gasteiger partial charge in [0.05, 0.1) is 12.2 Å². The highest BCUT2D eigenvalue weighted by molar-refractivity contribution is 5.89. The molecule has 0 aliphatic carbocycles. The monoisotopic (exact) mass is 178 g/mol. The predicted octanol–water partition coefficient (Wildman–Crippen LogP) is 1.24. The summed E-state index contributed by atoms with van der Waals surface area (Å²) in [5.41, 5.74) is 0.586. The van der Waals surface area contributed by atoms with Crippen molar-refractivity contribution in [2.75, 3.05) is 13.2 Å². The molecule has 2 rings (SSSR count). The lowest BCUT2D eigenvalue weighted by molar-refractivity contribution is 0.0476. The van der Waals surface area contributed by atoms with Gasteiger partial charge in [-0.05, 0) is 12.1 Å². The Bertz CT molecular complexity index is 290. The van der Waals surface area contributed by atoms with Crippen LogP contribution < -0.4 is 0 Å². The van der Waals surface area contributed by atoms with Gasteiger partial charge in [-0.1, -0.05) is 18.2 Å². The molecule has 3 heteroatoms. The minimum absolute atomic E-state index is 0.132. The molecule has 0 aromatic heterocycles. The molecule has 68 valence electrons. The number of benzene rings is 1.